The number of hydrogen-bond acceptors (Lipinski definition) is 7. The maximum atomic E-state index is 9.00. The molecule has 14 heteroatoms. The zero-order valence-electron chi connectivity index (χ0n) is 29.7. The molecule has 0 radical (unpaired) electrons. The van der Waals surface area contributed by atoms with Crippen LogP contribution in [0.25, 0.3) is 27.8 Å². The van der Waals surface area contributed by atoms with Crippen LogP contribution >= 0.6 is 0 Å². The van der Waals surface area contributed by atoms with E-state index in [2.05, 4.69) is 55.6 Å². The normalized spacial score (nSPS) is 10.1. The van der Waals surface area contributed by atoms with Crippen LogP contribution in [0.1, 0.15) is 62.0 Å². The van der Waals surface area contributed by atoms with E-state index in [-0.39, 0.29) is 27.8 Å². The van der Waals surface area contributed by atoms with Crippen LogP contribution in [0.15, 0.2) is 73.9 Å². The molecule has 0 saturated heterocycles. The van der Waals surface area contributed by atoms with Gasteiger partial charge in [-0.1, -0.05) is 13.5 Å². The van der Waals surface area contributed by atoms with Gasteiger partial charge < -0.3 is 39.4 Å². The Bertz CT molecular complexity index is 2220. The Hall–Kier alpha value is -5.45. The van der Waals surface area contributed by atoms with Gasteiger partial charge in [-0.15, -0.1) is 0 Å². The number of nitrogens with one attached hydrogen (secondary N) is 2. The number of hydrogen-bond donors (Lipinski definition) is 5. The molecule has 7 aromatic rings. The number of aryl methyl sites for hydroxylation is 6. The number of imidazole rings is 3. The van der Waals surface area contributed by atoms with Gasteiger partial charge in [0.2, 0.25) is 0 Å². The summed E-state index contributed by atoms with van der Waals surface area (Å²) in [5.74, 6) is -1.67. The molecule has 7 aromatic heterocycles. The van der Waals surface area contributed by atoms with E-state index >= 15 is 0 Å². The van der Waals surface area contributed by atoms with Crippen LogP contribution in [0.4, 0.5) is 11.4 Å². The SMILES string of the molecule is C.CC(=O)O.CC(=O)O.CC=CNc1ccn2cc(C)nc2c1C.Cc1cn2ccc(N)c(C)c2n1.Cc1cn2ccc3[nH]cc(C)c3c2n1.[Pd]. The van der Waals surface area contributed by atoms with Crippen LogP contribution < -0.4 is 11.1 Å². The van der Waals surface area contributed by atoms with Gasteiger partial charge >= 0.3 is 0 Å². The fourth-order valence-corrected chi connectivity index (χ4v) is 4.90. The van der Waals surface area contributed by atoms with Gasteiger partial charge in [-0.3, -0.25) is 9.59 Å². The number of nitrogens with two attached hydrogens (primary N) is 1. The molecule has 0 amide bonds. The Balaban J connectivity index is 0.000000341. The third-order valence-corrected chi connectivity index (χ3v) is 7.02. The maximum absolute atomic E-state index is 9.00. The Kier molecular flexibility index (Phi) is 16.8. The van der Waals surface area contributed by atoms with E-state index in [1.165, 1.54) is 16.5 Å². The molecule has 0 unspecified atom stereocenters. The number of allylic oxidation sites excluding steroid dienone is 1. The molecule has 0 aliphatic rings. The zero-order chi connectivity index (χ0) is 36.4. The summed E-state index contributed by atoms with van der Waals surface area (Å²) in [5, 5.41) is 19.3. The van der Waals surface area contributed by atoms with E-state index in [9.17, 15) is 0 Å². The van der Waals surface area contributed by atoms with E-state index < -0.39 is 11.9 Å². The molecule has 0 aliphatic carbocycles. The molecular formula is C37H49N9O4Pd. The number of carboxylic acid groups (broad SMARTS) is 2. The van der Waals surface area contributed by atoms with Crippen LogP contribution in [0, 0.1) is 41.5 Å². The Morgan fingerprint density at radius 2 is 1.20 bits per heavy atom. The van der Waals surface area contributed by atoms with Crippen molar-refractivity contribution in [2.75, 3.05) is 11.1 Å². The number of aliphatic carboxylic acids is 2. The van der Waals surface area contributed by atoms with Gasteiger partial charge in [-0.05, 0) is 78.4 Å². The first-order valence-corrected chi connectivity index (χ1v) is 15.5. The molecule has 51 heavy (non-hydrogen) atoms. The predicted octanol–water partition coefficient (Wildman–Crippen LogP) is 7.68. The number of H-pyrrole nitrogens is 1. The van der Waals surface area contributed by atoms with Crippen LogP contribution in [0.3, 0.4) is 0 Å². The van der Waals surface area contributed by atoms with Crippen molar-refractivity contribution in [1.29, 1.82) is 0 Å². The van der Waals surface area contributed by atoms with Crippen molar-refractivity contribution < 1.29 is 40.2 Å². The summed E-state index contributed by atoms with van der Waals surface area (Å²) in [7, 11) is 0. The van der Waals surface area contributed by atoms with Crippen molar-refractivity contribution in [3.8, 4) is 0 Å². The molecule has 0 aliphatic heterocycles. The number of rotatable bonds is 2. The Labute approximate surface area is 311 Å². The summed E-state index contributed by atoms with van der Waals surface area (Å²) in [4.78, 5) is 34.6. The van der Waals surface area contributed by atoms with Gasteiger partial charge in [0.25, 0.3) is 11.9 Å². The third kappa shape index (κ3) is 11.8. The zero-order valence-corrected chi connectivity index (χ0v) is 31.3. The van der Waals surface area contributed by atoms with E-state index in [0.29, 0.717) is 0 Å². The van der Waals surface area contributed by atoms with E-state index in [1.807, 2.05) is 105 Å². The molecule has 13 nitrogen and oxygen atoms in total. The minimum atomic E-state index is -0.833. The number of pyridine rings is 3. The molecule has 0 aromatic carbocycles. The van der Waals surface area contributed by atoms with E-state index in [0.717, 1.165) is 70.3 Å². The molecule has 0 bridgehead atoms. The van der Waals surface area contributed by atoms with Crippen molar-refractivity contribution in [3.05, 3.63) is 108 Å². The summed E-state index contributed by atoms with van der Waals surface area (Å²) in [6.07, 6.45) is 18.0. The molecule has 7 rings (SSSR count). The first kappa shape index (κ1) is 43.6. The molecule has 276 valence electrons. The summed E-state index contributed by atoms with van der Waals surface area (Å²) < 4.78 is 6.10. The van der Waals surface area contributed by atoms with Crippen molar-refractivity contribution in [1.82, 2.24) is 33.1 Å². The molecule has 6 N–H and O–H groups in total. The first-order valence-electron chi connectivity index (χ1n) is 15.5. The number of nitrogens with zero attached hydrogens (tertiary/aromatic N) is 6. The van der Waals surface area contributed by atoms with Crippen molar-refractivity contribution in [3.63, 3.8) is 0 Å². The number of aromatic nitrogens is 7. The summed E-state index contributed by atoms with van der Waals surface area (Å²) in [6.45, 7) is 16.3. The predicted molar refractivity (Wildman–Crippen MR) is 202 cm³/mol. The summed E-state index contributed by atoms with van der Waals surface area (Å²) >= 11 is 0. The number of fused-ring (bicyclic) bond motifs is 5. The average molecular weight is 790 g/mol. The number of aromatic amines is 1. The van der Waals surface area contributed by atoms with Gasteiger partial charge in [0, 0.05) is 106 Å². The minimum Gasteiger partial charge on any atom is -0.481 e. The fourth-order valence-electron chi connectivity index (χ4n) is 4.90. The number of anilines is 2. The van der Waals surface area contributed by atoms with E-state index in [4.69, 9.17) is 25.5 Å². The fraction of sp³-hybridized carbons (Fsp3) is 0.270. The third-order valence-electron chi connectivity index (χ3n) is 7.02. The average Bonchev–Trinajstić information content (AvgIpc) is 3.79. The number of carboxylic acids is 2. The van der Waals surface area contributed by atoms with Crippen LogP contribution in [-0.4, -0.2) is 55.3 Å². The van der Waals surface area contributed by atoms with Gasteiger partial charge in [-0.25, -0.2) is 15.0 Å². The topological polar surface area (TPSA) is 180 Å². The monoisotopic (exact) mass is 789 g/mol. The van der Waals surface area contributed by atoms with Gasteiger partial charge in [0.15, 0.2) is 0 Å². The standard InChI is InChI=1S/C12H15N3.C11H11N3.C9H11N3.2C2H4O2.CH4.Pd/c1-4-6-13-11-5-7-15-8-9(2)14-12(15)10(11)3;1-7-5-12-9-3-4-14-6-8(2)13-11(14)10(7)9;1-6-5-12-4-3-8(10)7(2)9(12)11-6;2*1-2(3)4;;/h4-8,13H,1-3H3;3-6,12H,1-2H3;3-5H,10H2,1-2H3;2*1H3,(H,3,4);1H4;. The van der Waals surface area contributed by atoms with Gasteiger partial charge in [0.1, 0.15) is 16.9 Å². The maximum Gasteiger partial charge on any atom is 0.300 e. The van der Waals surface area contributed by atoms with Crippen LogP contribution in [-0.2, 0) is 30.0 Å². The molecular weight excluding hydrogens is 741 g/mol. The smallest absolute Gasteiger partial charge is 0.300 e. The minimum absolute atomic E-state index is 0. The summed E-state index contributed by atoms with van der Waals surface area (Å²) in [5.41, 5.74) is 18.4. The second-order valence-corrected chi connectivity index (χ2v) is 11.3. The van der Waals surface area contributed by atoms with Gasteiger partial charge in [0.05, 0.1) is 22.6 Å². The molecule has 7 heterocycles. The quantitative estimate of drug-likeness (QED) is 0.110. The van der Waals surface area contributed by atoms with Crippen molar-refractivity contribution in [2.24, 2.45) is 0 Å². The van der Waals surface area contributed by atoms with Crippen molar-refractivity contribution in [2.45, 2.75) is 69.7 Å². The Morgan fingerprint density at radius 3 is 1.71 bits per heavy atom. The van der Waals surface area contributed by atoms with Crippen LogP contribution in [0.5, 0.6) is 0 Å². The number of carbonyl (C=O) groups is 2. The second kappa shape index (κ2) is 19.7. The largest absolute Gasteiger partial charge is 0.481 e. The Morgan fingerprint density at radius 1 is 0.765 bits per heavy atom. The molecule has 0 saturated carbocycles. The number of nitrogen functional groups attached to an aromatic ring is 1. The second-order valence-electron chi connectivity index (χ2n) is 11.3. The van der Waals surface area contributed by atoms with E-state index in [1.54, 1.807) is 0 Å². The molecule has 0 fully saturated rings. The van der Waals surface area contributed by atoms with Crippen LogP contribution in [0.2, 0.25) is 0 Å². The molecule has 0 spiro atoms. The summed E-state index contributed by atoms with van der Waals surface area (Å²) in [6, 6.07) is 6.03. The molecule has 0 atom stereocenters. The first-order chi connectivity index (χ1) is 23.1. The van der Waals surface area contributed by atoms with Gasteiger partial charge in [-0.2, -0.15) is 0 Å². The van der Waals surface area contributed by atoms with Crippen molar-refractivity contribution >= 4 is 51.2 Å².